The van der Waals surface area contributed by atoms with Gasteiger partial charge in [-0.25, -0.2) is 9.97 Å². The van der Waals surface area contributed by atoms with Crippen molar-refractivity contribution in [2.45, 2.75) is 13.3 Å². The summed E-state index contributed by atoms with van der Waals surface area (Å²) in [6.45, 7) is 2.07. The quantitative estimate of drug-likeness (QED) is 0.296. The van der Waals surface area contributed by atoms with Gasteiger partial charge >= 0.3 is 0 Å². The van der Waals surface area contributed by atoms with E-state index in [9.17, 15) is 9.59 Å². The SMILES string of the molecule is Cc1ccc2nc(-c3ccc(NC(=O)Cc4csc(NC(=O)c5cccs5)n4)cc3)sc2c1. The van der Waals surface area contributed by atoms with Crippen molar-refractivity contribution in [2.75, 3.05) is 10.6 Å². The van der Waals surface area contributed by atoms with E-state index in [1.54, 1.807) is 22.8 Å². The van der Waals surface area contributed by atoms with Crippen LogP contribution < -0.4 is 10.6 Å². The highest BCUT2D eigenvalue weighted by Crippen LogP contribution is 2.31. The van der Waals surface area contributed by atoms with E-state index in [4.69, 9.17) is 4.98 Å². The first kappa shape index (κ1) is 21.4. The normalized spacial score (nSPS) is 10.9. The van der Waals surface area contributed by atoms with Gasteiger partial charge in [0.15, 0.2) is 5.13 Å². The summed E-state index contributed by atoms with van der Waals surface area (Å²) >= 11 is 4.33. The van der Waals surface area contributed by atoms with Crippen LogP contribution in [0.1, 0.15) is 20.9 Å². The Bertz CT molecular complexity index is 1440. The van der Waals surface area contributed by atoms with Crippen molar-refractivity contribution < 1.29 is 9.59 Å². The van der Waals surface area contributed by atoms with Gasteiger partial charge in [0, 0.05) is 16.6 Å². The third-order valence-electron chi connectivity index (χ3n) is 4.82. The molecule has 0 aliphatic carbocycles. The van der Waals surface area contributed by atoms with Gasteiger partial charge in [0.25, 0.3) is 5.91 Å². The van der Waals surface area contributed by atoms with E-state index in [2.05, 4.69) is 34.7 Å². The molecule has 0 radical (unpaired) electrons. The number of anilines is 2. The standard InChI is InChI=1S/C24H18N4O2S3/c1-14-4-9-18-20(11-14)33-23(27-18)15-5-7-16(8-6-15)25-21(29)12-17-13-32-24(26-17)28-22(30)19-3-2-10-31-19/h2-11,13H,12H2,1H3,(H,25,29)(H,26,28,30). The zero-order valence-electron chi connectivity index (χ0n) is 17.5. The van der Waals surface area contributed by atoms with Crippen molar-refractivity contribution in [3.63, 3.8) is 0 Å². The molecule has 0 bridgehead atoms. The Hall–Kier alpha value is -3.40. The lowest BCUT2D eigenvalue weighted by Crippen LogP contribution is -2.15. The highest BCUT2D eigenvalue weighted by Gasteiger charge is 2.12. The maximum Gasteiger partial charge on any atom is 0.267 e. The molecule has 3 heterocycles. The van der Waals surface area contributed by atoms with Gasteiger partial charge in [-0.1, -0.05) is 12.1 Å². The molecule has 2 aromatic carbocycles. The van der Waals surface area contributed by atoms with E-state index in [0.717, 1.165) is 20.8 Å². The van der Waals surface area contributed by atoms with Gasteiger partial charge in [-0.15, -0.1) is 34.0 Å². The van der Waals surface area contributed by atoms with E-state index in [1.807, 2.05) is 41.8 Å². The summed E-state index contributed by atoms with van der Waals surface area (Å²) in [4.78, 5) is 34.3. The van der Waals surface area contributed by atoms with Gasteiger partial charge in [0.2, 0.25) is 5.91 Å². The molecule has 0 atom stereocenters. The largest absolute Gasteiger partial charge is 0.326 e. The van der Waals surface area contributed by atoms with Crippen molar-refractivity contribution in [1.29, 1.82) is 0 Å². The molecule has 164 valence electrons. The number of aromatic nitrogens is 2. The van der Waals surface area contributed by atoms with Gasteiger partial charge < -0.3 is 5.32 Å². The summed E-state index contributed by atoms with van der Waals surface area (Å²) in [5.74, 6) is -0.363. The molecule has 5 rings (SSSR count). The third-order valence-corrected chi connectivity index (χ3v) is 7.56. The van der Waals surface area contributed by atoms with Crippen molar-refractivity contribution in [3.8, 4) is 10.6 Å². The molecule has 0 aliphatic rings. The number of benzene rings is 2. The van der Waals surface area contributed by atoms with Crippen molar-refractivity contribution in [3.05, 3.63) is 81.5 Å². The van der Waals surface area contributed by atoms with Crippen LogP contribution in [0.5, 0.6) is 0 Å². The number of aryl methyl sites for hydroxylation is 1. The molecule has 2 amide bonds. The minimum absolute atomic E-state index is 0.129. The Kier molecular flexibility index (Phi) is 5.99. The maximum atomic E-state index is 12.5. The van der Waals surface area contributed by atoms with Crippen LogP contribution in [0.25, 0.3) is 20.8 Å². The van der Waals surface area contributed by atoms with Crippen LogP contribution >= 0.6 is 34.0 Å². The first-order valence-electron chi connectivity index (χ1n) is 10.1. The monoisotopic (exact) mass is 490 g/mol. The molecule has 0 fully saturated rings. The van der Waals surface area contributed by atoms with Crippen LogP contribution in [-0.4, -0.2) is 21.8 Å². The molecule has 2 N–H and O–H groups in total. The zero-order chi connectivity index (χ0) is 22.8. The summed E-state index contributed by atoms with van der Waals surface area (Å²) in [6, 6.07) is 17.5. The summed E-state index contributed by atoms with van der Waals surface area (Å²) < 4.78 is 1.16. The lowest BCUT2D eigenvalue weighted by molar-refractivity contribution is -0.115. The second-order valence-corrected chi connectivity index (χ2v) is 10.2. The zero-order valence-corrected chi connectivity index (χ0v) is 19.9. The van der Waals surface area contributed by atoms with Gasteiger partial charge in [-0.05, 0) is 60.3 Å². The van der Waals surface area contributed by atoms with Gasteiger partial charge in [-0.2, -0.15) is 0 Å². The van der Waals surface area contributed by atoms with Crippen molar-refractivity contribution in [2.24, 2.45) is 0 Å². The van der Waals surface area contributed by atoms with Crippen LogP contribution in [-0.2, 0) is 11.2 Å². The predicted molar refractivity (Wildman–Crippen MR) is 137 cm³/mol. The molecule has 0 unspecified atom stereocenters. The number of hydrogen-bond acceptors (Lipinski definition) is 7. The Morgan fingerprint density at radius 3 is 2.61 bits per heavy atom. The summed E-state index contributed by atoms with van der Waals surface area (Å²) in [5, 5.41) is 10.7. The molecule has 9 heteroatoms. The van der Waals surface area contributed by atoms with E-state index < -0.39 is 0 Å². The van der Waals surface area contributed by atoms with E-state index >= 15 is 0 Å². The Balaban J connectivity index is 1.19. The molecule has 0 spiro atoms. The maximum absolute atomic E-state index is 12.5. The molecule has 0 aliphatic heterocycles. The van der Waals surface area contributed by atoms with E-state index in [0.29, 0.717) is 21.4 Å². The molecule has 0 saturated carbocycles. The minimum atomic E-state index is -0.196. The fourth-order valence-electron chi connectivity index (χ4n) is 3.23. The molecular formula is C24H18N4O2S3. The van der Waals surface area contributed by atoms with E-state index in [-0.39, 0.29) is 18.2 Å². The van der Waals surface area contributed by atoms with Crippen LogP contribution in [0.15, 0.2) is 65.4 Å². The summed E-state index contributed by atoms with van der Waals surface area (Å²) in [5.41, 5.74) is 4.54. The fourth-order valence-corrected chi connectivity index (χ4v) is 5.63. The molecule has 0 saturated heterocycles. The Labute approximate surface area is 202 Å². The minimum Gasteiger partial charge on any atom is -0.326 e. The average Bonchev–Trinajstić information content (AvgIpc) is 3.55. The van der Waals surface area contributed by atoms with Crippen LogP contribution in [0.2, 0.25) is 0 Å². The number of nitrogens with one attached hydrogen (secondary N) is 2. The number of fused-ring (bicyclic) bond motifs is 1. The fraction of sp³-hybridized carbons (Fsp3) is 0.0833. The second-order valence-electron chi connectivity index (χ2n) is 7.37. The number of carbonyl (C=O) groups is 2. The number of carbonyl (C=O) groups excluding carboxylic acids is 2. The molecule has 6 nitrogen and oxygen atoms in total. The topological polar surface area (TPSA) is 84.0 Å². The van der Waals surface area contributed by atoms with Crippen molar-refractivity contribution >= 4 is 66.9 Å². The predicted octanol–water partition coefficient (Wildman–Crippen LogP) is 6.22. The average molecular weight is 491 g/mol. The molecule has 5 aromatic rings. The van der Waals surface area contributed by atoms with Gasteiger partial charge in [-0.3, -0.25) is 14.9 Å². The number of nitrogens with zero attached hydrogens (tertiary/aromatic N) is 2. The smallest absolute Gasteiger partial charge is 0.267 e. The molecular weight excluding hydrogens is 472 g/mol. The van der Waals surface area contributed by atoms with Crippen molar-refractivity contribution in [1.82, 2.24) is 9.97 Å². The highest BCUT2D eigenvalue weighted by atomic mass is 32.1. The van der Waals surface area contributed by atoms with Crippen LogP contribution in [0.3, 0.4) is 0 Å². The van der Waals surface area contributed by atoms with Gasteiger partial charge in [0.05, 0.1) is 27.2 Å². The number of thiophene rings is 1. The number of thiazole rings is 2. The molecule has 3 aromatic heterocycles. The Morgan fingerprint density at radius 2 is 1.82 bits per heavy atom. The molecule has 33 heavy (non-hydrogen) atoms. The second kappa shape index (κ2) is 9.22. The van der Waals surface area contributed by atoms with Gasteiger partial charge in [0.1, 0.15) is 5.01 Å². The Morgan fingerprint density at radius 1 is 0.970 bits per heavy atom. The summed E-state index contributed by atoms with van der Waals surface area (Å²) in [6.07, 6.45) is 0.129. The number of rotatable bonds is 6. The first-order chi connectivity index (χ1) is 16.0. The lowest BCUT2D eigenvalue weighted by Gasteiger charge is -2.05. The first-order valence-corrected chi connectivity index (χ1v) is 12.7. The highest BCUT2D eigenvalue weighted by molar-refractivity contribution is 7.21. The van der Waals surface area contributed by atoms with E-state index in [1.165, 1.54) is 28.2 Å². The lowest BCUT2D eigenvalue weighted by atomic mass is 10.2. The number of hydrogen-bond donors (Lipinski definition) is 2. The summed E-state index contributed by atoms with van der Waals surface area (Å²) in [7, 11) is 0. The van der Waals surface area contributed by atoms with Crippen LogP contribution in [0.4, 0.5) is 10.8 Å². The number of amides is 2. The van der Waals surface area contributed by atoms with Crippen LogP contribution in [0, 0.1) is 6.92 Å². The third kappa shape index (κ3) is 5.00.